The molecule has 2 aromatic rings. The zero-order chi connectivity index (χ0) is 18.4. The van der Waals surface area contributed by atoms with Crippen LogP contribution in [0.4, 0.5) is 4.39 Å². The number of benzene rings is 1. The Morgan fingerprint density at radius 1 is 1.24 bits per heavy atom. The molecule has 0 saturated heterocycles. The van der Waals surface area contributed by atoms with Crippen molar-refractivity contribution >= 4 is 29.2 Å². The maximum Gasteiger partial charge on any atom is 0.191 e. The normalized spacial score (nSPS) is 11.5. The highest BCUT2D eigenvalue weighted by molar-refractivity contribution is 6.41. The van der Waals surface area contributed by atoms with Gasteiger partial charge in [0.2, 0.25) is 0 Å². The number of aromatic nitrogens is 1. The van der Waals surface area contributed by atoms with Gasteiger partial charge in [-0.2, -0.15) is 0 Å². The van der Waals surface area contributed by atoms with Crippen LogP contribution in [0.5, 0.6) is 5.75 Å². The SMILES string of the molecule is CCOc1ccc(CNC(=NC)NCc2cc(Cl)c(Cl)n2C)cc1F. The summed E-state index contributed by atoms with van der Waals surface area (Å²) in [6.45, 7) is 3.17. The topological polar surface area (TPSA) is 50.6 Å². The van der Waals surface area contributed by atoms with E-state index in [0.29, 0.717) is 35.8 Å². The van der Waals surface area contributed by atoms with Crippen molar-refractivity contribution in [3.8, 4) is 5.75 Å². The molecule has 2 rings (SSSR count). The van der Waals surface area contributed by atoms with Gasteiger partial charge in [0.05, 0.1) is 18.2 Å². The number of guanidine groups is 1. The van der Waals surface area contributed by atoms with E-state index in [0.717, 1.165) is 11.3 Å². The standard InChI is InChI=1S/C17H21Cl2FN4O/c1-4-25-15-6-5-11(7-14(15)20)9-22-17(21-2)23-10-12-8-13(18)16(19)24(12)3/h5-8H,4,9-10H2,1-3H3,(H2,21,22,23). The molecule has 1 aromatic carbocycles. The van der Waals surface area contributed by atoms with Gasteiger partial charge in [0, 0.05) is 26.3 Å². The van der Waals surface area contributed by atoms with Crippen molar-refractivity contribution in [3.63, 3.8) is 0 Å². The smallest absolute Gasteiger partial charge is 0.191 e. The van der Waals surface area contributed by atoms with Crippen molar-refractivity contribution in [3.05, 3.63) is 51.5 Å². The predicted molar refractivity (Wildman–Crippen MR) is 100 cm³/mol. The Morgan fingerprint density at radius 3 is 2.52 bits per heavy atom. The number of nitrogens with one attached hydrogen (secondary N) is 2. The molecule has 5 nitrogen and oxygen atoms in total. The quantitative estimate of drug-likeness (QED) is 0.587. The Labute approximate surface area is 156 Å². The Kier molecular flexibility index (Phi) is 6.96. The van der Waals surface area contributed by atoms with Crippen LogP contribution in [0.15, 0.2) is 29.3 Å². The fourth-order valence-corrected chi connectivity index (χ4v) is 2.68. The number of halogens is 3. The molecule has 8 heteroatoms. The molecule has 0 spiro atoms. The molecular weight excluding hydrogens is 366 g/mol. The predicted octanol–water partition coefficient (Wildman–Crippen LogP) is 3.73. The first kappa shape index (κ1) is 19.4. The third kappa shape index (κ3) is 5.03. The minimum absolute atomic E-state index is 0.256. The number of ether oxygens (including phenoxy) is 1. The van der Waals surface area contributed by atoms with Gasteiger partial charge in [-0.3, -0.25) is 4.99 Å². The van der Waals surface area contributed by atoms with E-state index in [1.807, 2.05) is 20.0 Å². The van der Waals surface area contributed by atoms with Crippen molar-refractivity contribution < 1.29 is 9.13 Å². The number of hydrogen-bond donors (Lipinski definition) is 2. The number of rotatable bonds is 6. The molecule has 0 aliphatic carbocycles. The van der Waals surface area contributed by atoms with E-state index in [9.17, 15) is 4.39 Å². The second-order valence-electron chi connectivity index (χ2n) is 5.31. The van der Waals surface area contributed by atoms with E-state index in [4.69, 9.17) is 27.9 Å². The summed E-state index contributed by atoms with van der Waals surface area (Å²) in [6.07, 6.45) is 0. The molecule has 0 saturated carbocycles. The lowest BCUT2D eigenvalue weighted by Crippen LogP contribution is -2.36. The van der Waals surface area contributed by atoms with Crippen LogP contribution in [0.25, 0.3) is 0 Å². The van der Waals surface area contributed by atoms with E-state index in [2.05, 4.69) is 15.6 Å². The third-order valence-electron chi connectivity index (χ3n) is 3.63. The summed E-state index contributed by atoms with van der Waals surface area (Å²) in [4.78, 5) is 4.15. The summed E-state index contributed by atoms with van der Waals surface area (Å²) in [7, 11) is 3.50. The van der Waals surface area contributed by atoms with Gasteiger partial charge in [0.15, 0.2) is 17.5 Å². The Morgan fingerprint density at radius 2 is 1.96 bits per heavy atom. The van der Waals surface area contributed by atoms with Crippen LogP contribution in [0.3, 0.4) is 0 Å². The van der Waals surface area contributed by atoms with Gasteiger partial charge >= 0.3 is 0 Å². The molecule has 1 aromatic heterocycles. The third-order valence-corrected chi connectivity index (χ3v) is 4.47. The molecule has 2 N–H and O–H groups in total. The number of aliphatic imine (C=N–C) groups is 1. The molecule has 0 aliphatic rings. The van der Waals surface area contributed by atoms with Gasteiger partial charge in [-0.25, -0.2) is 4.39 Å². The summed E-state index contributed by atoms with van der Waals surface area (Å²) in [5, 5.41) is 7.30. The van der Waals surface area contributed by atoms with Crippen molar-refractivity contribution in [1.82, 2.24) is 15.2 Å². The van der Waals surface area contributed by atoms with Crippen molar-refractivity contribution in [1.29, 1.82) is 0 Å². The average molecular weight is 387 g/mol. The van der Waals surface area contributed by atoms with Crippen LogP contribution in [-0.4, -0.2) is 24.2 Å². The zero-order valence-electron chi connectivity index (χ0n) is 14.4. The van der Waals surface area contributed by atoms with Crippen LogP contribution in [-0.2, 0) is 20.1 Å². The van der Waals surface area contributed by atoms with Gasteiger partial charge in [-0.1, -0.05) is 29.3 Å². The van der Waals surface area contributed by atoms with Crippen LogP contribution in [0.1, 0.15) is 18.2 Å². The Bertz CT molecular complexity index is 761. The molecule has 0 radical (unpaired) electrons. The maximum atomic E-state index is 13.9. The lowest BCUT2D eigenvalue weighted by molar-refractivity contribution is 0.321. The van der Waals surface area contributed by atoms with Crippen molar-refractivity contribution in [2.45, 2.75) is 20.0 Å². The van der Waals surface area contributed by atoms with Crippen LogP contribution in [0.2, 0.25) is 10.2 Å². The van der Waals surface area contributed by atoms with Crippen LogP contribution >= 0.6 is 23.2 Å². The molecule has 0 atom stereocenters. The van der Waals surface area contributed by atoms with E-state index >= 15 is 0 Å². The Balaban J connectivity index is 1.92. The molecule has 0 fully saturated rings. The lowest BCUT2D eigenvalue weighted by Gasteiger charge is -2.13. The molecule has 0 bridgehead atoms. The van der Waals surface area contributed by atoms with E-state index in [-0.39, 0.29) is 11.6 Å². The average Bonchev–Trinajstić information content (AvgIpc) is 2.84. The molecule has 25 heavy (non-hydrogen) atoms. The van der Waals surface area contributed by atoms with Crippen molar-refractivity contribution in [2.24, 2.45) is 12.0 Å². The first-order chi connectivity index (χ1) is 12.0. The maximum absolute atomic E-state index is 13.9. The molecule has 1 heterocycles. The highest BCUT2D eigenvalue weighted by Crippen LogP contribution is 2.24. The zero-order valence-corrected chi connectivity index (χ0v) is 15.9. The summed E-state index contributed by atoms with van der Waals surface area (Å²) in [5.41, 5.74) is 1.71. The van der Waals surface area contributed by atoms with Crippen LogP contribution in [0, 0.1) is 5.82 Å². The van der Waals surface area contributed by atoms with E-state index < -0.39 is 0 Å². The monoisotopic (exact) mass is 386 g/mol. The fraction of sp³-hybridized carbons (Fsp3) is 0.353. The van der Waals surface area contributed by atoms with E-state index in [1.165, 1.54) is 6.07 Å². The van der Waals surface area contributed by atoms with E-state index in [1.54, 1.807) is 23.7 Å². The van der Waals surface area contributed by atoms with Gasteiger partial charge in [-0.15, -0.1) is 0 Å². The number of nitrogens with zero attached hydrogens (tertiary/aromatic N) is 2. The molecule has 0 aliphatic heterocycles. The van der Waals surface area contributed by atoms with Gasteiger partial charge in [0.1, 0.15) is 5.15 Å². The Hall–Kier alpha value is -1.92. The second-order valence-corrected chi connectivity index (χ2v) is 6.08. The highest BCUT2D eigenvalue weighted by Gasteiger charge is 2.09. The minimum Gasteiger partial charge on any atom is -0.491 e. The largest absolute Gasteiger partial charge is 0.491 e. The minimum atomic E-state index is -0.378. The molecule has 0 unspecified atom stereocenters. The van der Waals surface area contributed by atoms with Gasteiger partial charge in [0.25, 0.3) is 0 Å². The second kappa shape index (κ2) is 8.97. The first-order valence-electron chi connectivity index (χ1n) is 7.81. The molecular formula is C17H21Cl2FN4O. The fourth-order valence-electron chi connectivity index (χ4n) is 2.27. The number of hydrogen-bond acceptors (Lipinski definition) is 2. The summed E-state index contributed by atoms with van der Waals surface area (Å²) in [5.74, 6) is 0.464. The summed E-state index contributed by atoms with van der Waals surface area (Å²) >= 11 is 12.1. The highest BCUT2D eigenvalue weighted by atomic mass is 35.5. The first-order valence-corrected chi connectivity index (χ1v) is 8.57. The molecule has 0 amide bonds. The summed E-state index contributed by atoms with van der Waals surface area (Å²) < 4.78 is 20.9. The van der Waals surface area contributed by atoms with Crippen molar-refractivity contribution in [2.75, 3.05) is 13.7 Å². The van der Waals surface area contributed by atoms with Crippen LogP contribution < -0.4 is 15.4 Å². The summed E-state index contributed by atoms with van der Waals surface area (Å²) in [6, 6.07) is 6.68. The van der Waals surface area contributed by atoms with Gasteiger partial charge in [-0.05, 0) is 30.7 Å². The molecule has 136 valence electrons. The lowest BCUT2D eigenvalue weighted by atomic mass is 10.2. The van der Waals surface area contributed by atoms with Gasteiger partial charge < -0.3 is 19.9 Å².